The van der Waals surface area contributed by atoms with E-state index in [2.05, 4.69) is 30.7 Å². The Morgan fingerprint density at radius 1 is 1.09 bits per heavy atom. The lowest BCUT2D eigenvalue weighted by Gasteiger charge is -2.27. The number of thiophene rings is 1. The predicted octanol–water partition coefficient (Wildman–Crippen LogP) is 3.29. The Morgan fingerprint density at radius 2 is 1.82 bits per heavy atom. The van der Waals surface area contributed by atoms with Gasteiger partial charge in [-0.3, -0.25) is 19.1 Å². The summed E-state index contributed by atoms with van der Waals surface area (Å²) < 4.78 is 7.14. The van der Waals surface area contributed by atoms with E-state index in [1.54, 1.807) is 22.2 Å². The van der Waals surface area contributed by atoms with E-state index < -0.39 is 0 Å². The van der Waals surface area contributed by atoms with Crippen molar-refractivity contribution in [3.05, 3.63) is 62.5 Å². The highest BCUT2D eigenvalue weighted by atomic mass is 32.1. The minimum atomic E-state index is 0.0355. The monoisotopic (exact) mass is 480 g/mol. The smallest absolute Gasteiger partial charge is 0.262 e. The van der Waals surface area contributed by atoms with E-state index in [-0.39, 0.29) is 16.9 Å². The van der Waals surface area contributed by atoms with Crippen molar-refractivity contribution >= 4 is 27.5 Å². The largest absolute Gasteiger partial charge is 0.379 e. The molecule has 0 N–H and O–H groups in total. The van der Waals surface area contributed by atoms with Gasteiger partial charge in [-0.1, -0.05) is 32.9 Å². The van der Waals surface area contributed by atoms with Gasteiger partial charge in [0.2, 0.25) is 0 Å². The van der Waals surface area contributed by atoms with E-state index in [1.165, 1.54) is 5.56 Å². The lowest BCUT2D eigenvalue weighted by Crippen LogP contribution is -2.39. The number of carbonyl (C=O) groups is 1. The topological polar surface area (TPSA) is 67.7 Å². The second kappa shape index (κ2) is 9.24. The zero-order valence-corrected chi connectivity index (χ0v) is 21.0. The standard InChI is InChI=1S/C26H32N4O3S/c1-26(2,3)19-6-4-18(5-7-19)24(31)29-9-8-20-21(16-29)34-23-22(20)25(32)30(17-27-23)11-10-28-12-14-33-15-13-28/h4-7,17H,8-16H2,1-3H3. The molecule has 2 aliphatic rings. The Kier molecular flexibility index (Phi) is 6.31. The van der Waals surface area contributed by atoms with Crippen molar-refractivity contribution in [3.8, 4) is 0 Å². The highest BCUT2D eigenvalue weighted by Gasteiger charge is 2.27. The third kappa shape index (κ3) is 4.54. The normalized spacial score (nSPS) is 17.2. The highest BCUT2D eigenvalue weighted by molar-refractivity contribution is 7.18. The number of ether oxygens (including phenoxy) is 1. The van der Waals surface area contributed by atoms with Gasteiger partial charge in [0, 0.05) is 43.2 Å². The number of benzene rings is 1. The molecule has 0 spiro atoms. The molecule has 0 bridgehead atoms. The van der Waals surface area contributed by atoms with E-state index in [9.17, 15) is 9.59 Å². The summed E-state index contributed by atoms with van der Waals surface area (Å²) in [4.78, 5) is 37.1. The molecule has 0 radical (unpaired) electrons. The number of aromatic nitrogens is 2. The van der Waals surface area contributed by atoms with Crippen LogP contribution in [-0.2, 0) is 29.7 Å². The summed E-state index contributed by atoms with van der Waals surface area (Å²) >= 11 is 1.55. The van der Waals surface area contributed by atoms with Gasteiger partial charge in [0.25, 0.3) is 11.5 Å². The molecule has 34 heavy (non-hydrogen) atoms. The molecule has 3 aromatic rings. The predicted molar refractivity (Wildman–Crippen MR) is 135 cm³/mol. The Balaban J connectivity index is 1.33. The van der Waals surface area contributed by atoms with Crippen LogP contribution in [0.2, 0.25) is 0 Å². The molecule has 7 nitrogen and oxygen atoms in total. The van der Waals surface area contributed by atoms with Crippen molar-refractivity contribution < 1.29 is 9.53 Å². The fourth-order valence-corrected chi connectivity index (χ4v) is 5.91. The average molecular weight is 481 g/mol. The molecule has 1 amide bonds. The quantitative estimate of drug-likeness (QED) is 0.573. The summed E-state index contributed by atoms with van der Waals surface area (Å²) in [5, 5.41) is 0.742. The Hall–Kier alpha value is -2.55. The van der Waals surface area contributed by atoms with Crippen molar-refractivity contribution in [2.45, 2.75) is 45.7 Å². The number of carbonyl (C=O) groups excluding carboxylic acids is 1. The molecule has 2 aliphatic heterocycles. The molecule has 0 aliphatic carbocycles. The van der Waals surface area contributed by atoms with Gasteiger partial charge in [-0.2, -0.15) is 0 Å². The number of nitrogens with zero attached hydrogens (tertiary/aromatic N) is 4. The van der Waals surface area contributed by atoms with E-state index in [4.69, 9.17) is 4.74 Å². The van der Waals surface area contributed by atoms with Gasteiger partial charge in [0.05, 0.1) is 31.5 Å². The molecule has 4 heterocycles. The summed E-state index contributed by atoms with van der Waals surface area (Å²) in [5.41, 5.74) is 3.09. The molecule has 180 valence electrons. The summed E-state index contributed by atoms with van der Waals surface area (Å²) in [7, 11) is 0. The van der Waals surface area contributed by atoms with Crippen LogP contribution in [0, 0.1) is 0 Å². The van der Waals surface area contributed by atoms with E-state index >= 15 is 0 Å². The molecule has 8 heteroatoms. The molecule has 5 rings (SSSR count). The Bertz CT molecular complexity index is 1250. The van der Waals surface area contributed by atoms with Gasteiger partial charge < -0.3 is 9.64 Å². The van der Waals surface area contributed by atoms with Gasteiger partial charge in [0.1, 0.15) is 4.83 Å². The molecule has 0 unspecified atom stereocenters. The van der Waals surface area contributed by atoms with Crippen LogP contribution in [-0.4, -0.2) is 64.7 Å². The molecule has 0 atom stereocenters. The van der Waals surface area contributed by atoms with Crippen molar-refractivity contribution in [1.29, 1.82) is 0 Å². The van der Waals surface area contributed by atoms with Crippen LogP contribution in [0.25, 0.3) is 10.2 Å². The summed E-state index contributed by atoms with van der Waals surface area (Å²) in [6.07, 6.45) is 2.36. The van der Waals surface area contributed by atoms with Crippen LogP contribution in [0.4, 0.5) is 0 Å². The van der Waals surface area contributed by atoms with Gasteiger partial charge in [-0.15, -0.1) is 11.3 Å². The van der Waals surface area contributed by atoms with Gasteiger partial charge in [0.15, 0.2) is 0 Å². The van der Waals surface area contributed by atoms with Crippen molar-refractivity contribution in [2.24, 2.45) is 0 Å². The molecular weight excluding hydrogens is 448 g/mol. The number of amides is 1. The average Bonchev–Trinajstić information content (AvgIpc) is 3.22. The minimum Gasteiger partial charge on any atom is -0.379 e. The maximum absolute atomic E-state index is 13.3. The van der Waals surface area contributed by atoms with Crippen LogP contribution in [0.15, 0.2) is 35.4 Å². The lowest BCUT2D eigenvalue weighted by atomic mass is 9.86. The fourth-order valence-electron chi connectivity index (χ4n) is 4.72. The van der Waals surface area contributed by atoms with Crippen LogP contribution < -0.4 is 5.56 Å². The second-order valence-electron chi connectivity index (χ2n) is 10.2. The zero-order valence-electron chi connectivity index (χ0n) is 20.2. The first kappa shape index (κ1) is 23.2. The summed E-state index contributed by atoms with van der Waals surface area (Å²) in [6.45, 7) is 12.4. The van der Waals surface area contributed by atoms with E-state index in [0.29, 0.717) is 31.6 Å². The molecule has 0 saturated carbocycles. The van der Waals surface area contributed by atoms with E-state index in [0.717, 1.165) is 53.5 Å². The van der Waals surface area contributed by atoms with Crippen LogP contribution in [0.5, 0.6) is 0 Å². The first-order chi connectivity index (χ1) is 16.3. The first-order valence-corrected chi connectivity index (χ1v) is 12.8. The maximum atomic E-state index is 13.3. The van der Waals surface area contributed by atoms with Gasteiger partial charge in [-0.05, 0) is 35.1 Å². The number of rotatable bonds is 4. The number of hydrogen-bond acceptors (Lipinski definition) is 6. The van der Waals surface area contributed by atoms with Gasteiger partial charge in [-0.25, -0.2) is 4.98 Å². The molecule has 1 saturated heterocycles. The zero-order chi connectivity index (χ0) is 23.9. The third-order valence-electron chi connectivity index (χ3n) is 6.87. The van der Waals surface area contributed by atoms with Crippen molar-refractivity contribution in [1.82, 2.24) is 19.4 Å². The second-order valence-corrected chi connectivity index (χ2v) is 11.3. The lowest BCUT2D eigenvalue weighted by molar-refractivity contribution is 0.0362. The third-order valence-corrected chi connectivity index (χ3v) is 8.00. The number of morpholine rings is 1. The maximum Gasteiger partial charge on any atom is 0.262 e. The first-order valence-electron chi connectivity index (χ1n) is 12.0. The van der Waals surface area contributed by atoms with Gasteiger partial charge >= 0.3 is 0 Å². The molecular formula is C26H32N4O3S. The highest BCUT2D eigenvalue weighted by Crippen LogP contribution is 2.33. The summed E-state index contributed by atoms with van der Waals surface area (Å²) in [5.74, 6) is 0.0412. The molecule has 2 aromatic heterocycles. The van der Waals surface area contributed by atoms with Crippen LogP contribution in [0.1, 0.15) is 47.1 Å². The minimum absolute atomic E-state index is 0.0355. The van der Waals surface area contributed by atoms with Crippen molar-refractivity contribution in [2.75, 3.05) is 39.4 Å². The molecule has 1 fully saturated rings. The van der Waals surface area contributed by atoms with Crippen LogP contribution in [0.3, 0.4) is 0 Å². The van der Waals surface area contributed by atoms with Crippen molar-refractivity contribution in [3.63, 3.8) is 0 Å². The Morgan fingerprint density at radius 3 is 2.53 bits per heavy atom. The van der Waals surface area contributed by atoms with E-state index in [1.807, 2.05) is 29.2 Å². The molecule has 1 aromatic carbocycles. The van der Waals surface area contributed by atoms with Crippen LogP contribution >= 0.6 is 11.3 Å². The Labute approximate surface area is 204 Å². The SMILES string of the molecule is CC(C)(C)c1ccc(C(=O)N2CCc3c(sc4ncn(CCN5CCOCC5)c(=O)c34)C2)cc1. The number of hydrogen-bond donors (Lipinski definition) is 0. The summed E-state index contributed by atoms with van der Waals surface area (Å²) in [6, 6.07) is 7.95. The fraction of sp³-hybridized carbons (Fsp3) is 0.500. The number of fused-ring (bicyclic) bond motifs is 3.